The highest BCUT2D eigenvalue weighted by Gasteiger charge is 2.23. The molecule has 2 atom stereocenters. The minimum absolute atomic E-state index is 0.159. The molecule has 0 saturated carbocycles. The van der Waals surface area contributed by atoms with Crippen LogP contribution < -0.4 is 5.32 Å². The van der Waals surface area contributed by atoms with E-state index in [-0.39, 0.29) is 12.2 Å². The van der Waals surface area contributed by atoms with Crippen LogP contribution in [0.5, 0.6) is 0 Å². The molecule has 1 aliphatic heterocycles. The number of rotatable bonds is 3. The van der Waals surface area contributed by atoms with Gasteiger partial charge >= 0.3 is 0 Å². The van der Waals surface area contributed by atoms with Crippen LogP contribution in [-0.2, 0) is 4.74 Å². The van der Waals surface area contributed by atoms with Gasteiger partial charge in [0.15, 0.2) is 11.6 Å². The third kappa shape index (κ3) is 3.01. The monoisotopic (exact) mass is 241 g/mol. The zero-order valence-corrected chi connectivity index (χ0v) is 9.88. The number of halogens is 2. The molecule has 1 N–H and O–H groups in total. The third-order valence-electron chi connectivity index (χ3n) is 2.98. The Bertz CT molecular complexity index is 382. The van der Waals surface area contributed by atoms with Gasteiger partial charge in [-0.3, -0.25) is 0 Å². The van der Waals surface area contributed by atoms with Crippen molar-refractivity contribution in [2.75, 3.05) is 13.1 Å². The summed E-state index contributed by atoms with van der Waals surface area (Å²) >= 11 is 0. The van der Waals surface area contributed by atoms with Gasteiger partial charge in [0.1, 0.15) is 0 Å². The Hall–Kier alpha value is -1.00. The molecule has 1 fully saturated rings. The van der Waals surface area contributed by atoms with Gasteiger partial charge in [0.25, 0.3) is 0 Å². The first-order valence-electron chi connectivity index (χ1n) is 6.02. The Kier molecular flexibility index (Phi) is 4.07. The Morgan fingerprint density at radius 2 is 2.12 bits per heavy atom. The van der Waals surface area contributed by atoms with Crippen molar-refractivity contribution in [3.63, 3.8) is 0 Å². The molecule has 2 rings (SSSR count). The van der Waals surface area contributed by atoms with E-state index in [4.69, 9.17) is 4.74 Å². The van der Waals surface area contributed by atoms with E-state index in [1.54, 1.807) is 6.07 Å². The fraction of sp³-hybridized carbons (Fsp3) is 0.538. The summed E-state index contributed by atoms with van der Waals surface area (Å²) in [5.74, 6) is -1.63. The van der Waals surface area contributed by atoms with Crippen LogP contribution in [0.25, 0.3) is 0 Å². The van der Waals surface area contributed by atoms with E-state index in [2.05, 4.69) is 12.2 Å². The van der Waals surface area contributed by atoms with Gasteiger partial charge in [-0.15, -0.1) is 0 Å². The molecule has 1 aromatic rings. The fourth-order valence-corrected chi connectivity index (χ4v) is 2.11. The van der Waals surface area contributed by atoms with Crippen LogP contribution in [0.4, 0.5) is 8.78 Å². The lowest BCUT2D eigenvalue weighted by molar-refractivity contribution is -0.0426. The molecular formula is C13H17F2NO. The van der Waals surface area contributed by atoms with Gasteiger partial charge < -0.3 is 10.1 Å². The number of hydrogen-bond acceptors (Lipinski definition) is 2. The van der Waals surface area contributed by atoms with E-state index in [0.29, 0.717) is 12.1 Å². The highest BCUT2D eigenvalue weighted by molar-refractivity contribution is 5.21. The topological polar surface area (TPSA) is 21.3 Å². The molecule has 0 spiro atoms. The Morgan fingerprint density at radius 1 is 1.29 bits per heavy atom. The van der Waals surface area contributed by atoms with E-state index in [1.165, 1.54) is 6.07 Å². The van der Waals surface area contributed by atoms with Crippen molar-refractivity contribution in [2.45, 2.75) is 32.0 Å². The molecule has 0 radical (unpaired) electrons. The predicted molar refractivity (Wildman–Crippen MR) is 61.7 cm³/mol. The van der Waals surface area contributed by atoms with Gasteiger partial charge in [-0.25, -0.2) is 8.78 Å². The summed E-state index contributed by atoms with van der Waals surface area (Å²) in [4.78, 5) is 0. The summed E-state index contributed by atoms with van der Waals surface area (Å²) in [6.45, 7) is 3.57. The maximum Gasteiger partial charge on any atom is 0.159 e. The molecule has 2 unspecified atom stereocenters. The summed E-state index contributed by atoms with van der Waals surface area (Å²) in [7, 11) is 0. The van der Waals surface area contributed by atoms with E-state index in [9.17, 15) is 8.78 Å². The van der Waals surface area contributed by atoms with E-state index in [0.717, 1.165) is 25.5 Å². The molecule has 1 saturated heterocycles. The normalized spacial score (nSPS) is 24.9. The van der Waals surface area contributed by atoms with E-state index < -0.39 is 11.6 Å². The van der Waals surface area contributed by atoms with Crippen molar-refractivity contribution in [3.05, 3.63) is 35.4 Å². The van der Waals surface area contributed by atoms with Gasteiger partial charge in [0.05, 0.1) is 12.2 Å². The van der Waals surface area contributed by atoms with Gasteiger partial charge in [-0.1, -0.05) is 19.4 Å². The van der Waals surface area contributed by atoms with Crippen LogP contribution in [-0.4, -0.2) is 19.2 Å². The SMILES string of the molecule is CCCC1CNCC(c2ccc(F)c(F)c2)O1. The molecular weight excluding hydrogens is 224 g/mol. The van der Waals surface area contributed by atoms with Gasteiger partial charge in [-0.2, -0.15) is 0 Å². The molecule has 4 heteroatoms. The maximum atomic E-state index is 13.1. The lowest BCUT2D eigenvalue weighted by atomic mass is 10.1. The van der Waals surface area contributed by atoms with Crippen molar-refractivity contribution in [1.29, 1.82) is 0 Å². The molecule has 0 bridgehead atoms. The van der Waals surface area contributed by atoms with Crippen molar-refractivity contribution in [2.24, 2.45) is 0 Å². The minimum Gasteiger partial charge on any atom is -0.368 e. The molecule has 0 aromatic heterocycles. The minimum atomic E-state index is -0.817. The quantitative estimate of drug-likeness (QED) is 0.878. The van der Waals surface area contributed by atoms with Crippen LogP contribution in [0.3, 0.4) is 0 Å². The number of hydrogen-bond donors (Lipinski definition) is 1. The Morgan fingerprint density at radius 3 is 2.82 bits per heavy atom. The first-order valence-corrected chi connectivity index (χ1v) is 6.02. The molecule has 2 nitrogen and oxygen atoms in total. The average Bonchev–Trinajstić information content (AvgIpc) is 2.33. The summed E-state index contributed by atoms with van der Waals surface area (Å²) in [6.07, 6.45) is 2.01. The van der Waals surface area contributed by atoms with Crippen molar-refractivity contribution in [3.8, 4) is 0 Å². The average molecular weight is 241 g/mol. The van der Waals surface area contributed by atoms with Gasteiger partial charge in [0.2, 0.25) is 0 Å². The van der Waals surface area contributed by atoms with E-state index in [1.807, 2.05) is 0 Å². The Labute approximate surface area is 100.0 Å². The second kappa shape index (κ2) is 5.56. The van der Waals surface area contributed by atoms with Gasteiger partial charge in [0, 0.05) is 13.1 Å². The summed E-state index contributed by atoms with van der Waals surface area (Å²) in [6, 6.07) is 3.95. The second-order valence-corrected chi connectivity index (χ2v) is 4.37. The highest BCUT2D eigenvalue weighted by atomic mass is 19.2. The molecule has 1 aromatic carbocycles. The summed E-state index contributed by atoms with van der Waals surface area (Å²) < 4.78 is 31.8. The number of benzene rings is 1. The van der Waals surface area contributed by atoms with Crippen LogP contribution in [0.2, 0.25) is 0 Å². The molecule has 94 valence electrons. The zero-order valence-electron chi connectivity index (χ0n) is 9.88. The smallest absolute Gasteiger partial charge is 0.159 e. The van der Waals surface area contributed by atoms with Crippen LogP contribution in [0.1, 0.15) is 31.4 Å². The number of morpholine rings is 1. The second-order valence-electron chi connectivity index (χ2n) is 4.37. The van der Waals surface area contributed by atoms with Crippen molar-refractivity contribution in [1.82, 2.24) is 5.32 Å². The number of ether oxygens (including phenoxy) is 1. The van der Waals surface area contributed by atoms with Gasteiger partial charge in [-0.05, 0) is 24.1 Å². The lowest BCUT2D eigenvalue weighted by Gasteiger charge is -2.31. The van der Waals surface area contributed by atoms with Crippen LogP contribution >= 0.6 is 0 Å². The van der Waals surface area contributed by atoms with Crippen molar-refractivity contribution < 1.29 is 13.5 Å². The number of nitrogens with one attached hydrogen (secondary N) is 1. The maximum absolute atomic E-state index is 13.1. The first-order chi connectivity index (χ1) is 8.20. The van der Waals surface area contributed by atoms with E-state index >= 15 is 0 Å². The first kappa shape index (κ1) is 12.5. The fourth-order valence-electron chi connectivity index (χ4n) is 2.11. The molecule has 1 heterocycles. The lowest BCUT2D eigenvalue weighted by Crippen LogP contribution is -2.40. The highest BCUT2D eigenvalue weighted by Crippen LogP contribution is 2.24. The molecule has 17 heavy (non-hydrogen) atoms. The zero-order chi connectivity index (χ0) is 12.3. The third-order valence-corrected chi connectivity index (χ3v) is 2.98. The molecule has 0 aliphatic carbocycles. The van der Waals surface area contributed by atoms with Crippen LogP contribution in [0.15, 0.2) is 18.2 Å². The standard InChI is InChI=1S/C13H17F2NO/c1-2-3-10-7-16-8-13(17-10)9-4-5-11(14)12(15)6-9/h4-6,10,13,16H,2-3,7-8H2,1H3. The van der Waals surface area contributed by atoms with Crippen molar-refractivity contribution >= 4 is 0 Å². The largest absolute Gasteiger partial charge is 0.368 e. The predicted octanol–water partition coefficient (Wildman–Crippen LogP) is 2.79. The molecule has 1 aliphatic rings. The Balaban J connectivity index is 2.08. The summed E-state index contributed by atoms with van der Waals surface area (Å²) in [5.41, 5.74) is 0.692. The van der Waals surface area contributed by atoms with Crippen LogP contribution in [0, 0.1) is 11.6 Å². The molecule has 0 amide bonds. The summed E-state index contributed by atoms with van der Waals surface area (Å²) in [5, 5.41) is 3.26.